The first-order chi connectivity index (χ1) is 12.5. The van der Waals surface area contributed by atoms with Crippen LogP contribution in [-0.4, -0.2) is 10.9 Å². The molecule has 0 atom stereocenters. The fourth-order valence-corrected chi connectivity index (χ4v) is 2.68. The number of para-hydroxylation sites is 1. The molecule has 1 heterocycles. The van der Waals surface area contributed by atoms with E-state index in [1.165, 1.54) is 5.56 Å². The largest absolute Gasteiger partial charge is 0.339 e. The summed E-state index contributed by atoms with van der Waals surface area (Å²) >= 11 is 0. The average Bonchev–Trinajstić information content (AvgIpc) is 2.64. The summed E-state index contributed by atoms with van der Waals surface area (Å²) in [6.45, 7) is 6.31. The van der Waals surface area contributed by atoms with E-state index < -0.39 is 0 Å². The molecule has 0 saturated heterocycles. The normalized spacial score (nSPS) is 10.6. The summed E-state index contributed by atoms with van der Waals surface area (Å²) in [6, 6.07) is 19.4. The van der Waals surface area contributed by atoms with Crippen LogP contribution in [-0.2, 0) is 0 Å². The molecular weight excluding hydrogens is 322 g/mol. The lowest BCUT2D eigenvalue weighted by Crippen LogP contribution is -2.14. The van der Waals surface area contributed by atoms with Crippen molar-refractivity contribution < 1.29 is 4.79 Å². The molecule has 4 heteroatoms. The third-order valence-corrected chi connectivity index (χ3v) is 4.29. The third kappa shape index (κ3) is 4.09. The number of carbonyl (C=O) groups excluding carboxylic acids is 1. The van der Waals surface area contributed by atoms with E-state index in [1.807, 2.05) is 55.5 Å². The van der Waals surface area contributed by atoms with Gasteiger partial charge < -0.3 is 10.6 Å². The summed E-state index contributed by atoms with van der Waals surface area (Å²) in [5.74, 6) is 0.813. The van der Waals surface area contributed by atoms with Gasteiger partial charge in [-0.1, -0.05) is 44.2 Å². The maximum absolute atomic E-state index is 12.7. The predicted octanol–water partition coefficient (Wildman–Crippen LogP) is 5.51. The van der Waals surface area contributed by atoms with Crippen LogP contribution in [0.5, 0.6) is 0 Å². The Bertz CT molecular complexity index is 901. The molecule has 3 rings (SSSR count). The molecule has 3 aromatic rings. The fourth-order valence-electron chi connectivity index (χ4n) is 2.68. The number of pyridine rings is 1. The number of hydrogen-bond donors (Lipinski definition) is 2. The van der Waals surface area contributed by atoms with Crippen LogP contribution < -0.4 is 10.6 Å². The van der Waals surface area contributed by atoms with E-state index in [0.717, 1.165) is 16.9 Å². The zero-order chi connectivity index (χ0) is 18.5. The molecular formula is C22H23N3O. The van der Waals surface area contributed by atoms with Crippen LogP contribution in [0.2, 0.25) is 0 Å². The van der Waals surface area contributed by atoms with Gasteiger partial charge in [-0.3, -0.25) is 4.79 Å². The van der Waals surface area contributed by atoms with Gasteiger partial charge in [0.1, 0.15) is 5.82 Å². The van der Waals surface area contributed by atoms with Crippen molar-refractivity contribution in [1.29, 1.82) is 0 Å². The second kappa shape index (κ2) is 7.83. The number of carbonyl (C=O) groups is 1. The van der Waals surface area contributed by atoms with Crippen LogP contribution in [0.25, 0.3) is 0 Å². The minimum absolute atomic E-state index is 0.188. The maximum Gasteiger partial charge on any atom is 0.259 e. The number of hydrogen-bond acceptors (Lipinski definition) is 3. The molecule has 132 valence electrons. The first-order valence-electron chi connectivity index (χ1n) is 8.73. The van der Waals surface area contributed by atoms with Crippen molar-refractivity contribution in [1.82, 2.24) is 4.98 Å². The van der Waals surface area contributed by atoms with Crippen molar-refractivity contribution in [2.45, 2.75) is 26.7 Å². The Morgan fingerprint density at radius 3 is 2.38 bits per heavy atom. The van der Waals surface area contributed by atoms with E-state index in [0.29, 0.717) is 17.3 Å². The molecule has 0 radical (unpaired) electrons. The molecule has 0 aliphatic heterocycles. The van der Waals surface area contributed by atoms with Gasteiger partial charge >= 0.3 is 0 Å². The van der Waals surface area contributed by atoms with E-state index in [9.17, 15) is 4.79 Å². The number of aromatic nitrogens is 1. The Morgan fingerprint density at radius 2 is 1.69 bits per heavy atom. The van der Waals surface area contributed by atoms with Crippen molar-refractivity contribution in [2.75, 3.05) is 10.6 Å². The van der Waals surface area contributed by atoms with E-state index >= 15 is 0 Å². The monoisotopic (exact) mass is 345 g/mol. The lowest BCUT2D eigenvalue weighted by Gasteiger charge is -2.13. The standard InChI is InChI=1S/C22H23N3O/c1-15(2)17-10-12-18(13-11-17)24-22(26)19-8-6-14-23-21(19)25-20-9-5-4-7-16(20)3/h4-15H,1-3H3,(H,23,25)(H,24,26). The Hall–Kier alpha value is -3.14. The Kier molecular flexibility index (Phi) is 5.32. The summed E-state index contributed by atoms with van der Waals surface area (Å²) in [7, 11) is 0. The zero-order valence-electron chi connectivity index (χ0n) is 15.3. The van der Waals surface area contributed by atoms with Crippen molar-refractivity contribution in [2.24, 2.45) is 0 Å². The molecule has 4 nitrogen and oxygen atoms in total. The van der Waals surface area contributed by atoms with Crippen LogP contribution in [0, 0.1) is 6.92 Å². The number of rotatable bonds is 5. The van der Waals surface area contributed by atoms with E-state index in [-0.39, 0.29) is 5.91 Å². The summed E-state index contributed by atoms with van der Waals surface area (Å²) < 4.78 is 0. The molecule has 1 aromatic heterocycles. The fraction of sp³-hybridized carbons (Fsp3) is 0.182. The summed E-state index contributed by atoms with van der Waals surface area (Å²) in [6.07, 6.45) is 1.68. The molecule has 26 heavy (non-hydrogen) atoms. The lowest BCUT2D eigenvalue weighted by atomic mass is 10.0. The SMILES string of the molecule is Cc1ccccc1Nc1ncccc1C(=O)Nc1ccc(C(C)C)cc1. The van der Waals surface area contributed by atoms with Gasteiger partial charge in [0.2, 0.25) is 0 Å². The van der Waals surface area contributed by atoms with Crippen molar-refractivity contribution in [3.8, 4) is 0 Å². The molecule has 0 aliphatic rings. The van der Waals surface area contributed by atoms with E-state index in [1.54, 1.807) is 18.3 Å². The lowest BCUT2D eigenvalue weighted by molar-refractivity contribution is 0.102. The molecule has 0 fully saturated rings. The minimum atomic E-state index is -0.188. The van der Waals surface area contributed by atoms with Gasteiger partial charge in [0.15, 0.2) is 0 Å². The highest BCUT2D eigenvalue weighted by molar-refractivity contribution is 6.07. The molecule has 1 amide bonds. The highest BCUT2D eigenvalue weighted by atomic mass is 16.1. The molecule has 2 aromatic carbocycles. The molecule has 0 bridgehead atoms. The number of amides is 1. The van der Waals surface area contributed by atoms with Crippen LogP contribution in [0.1, 0.15) is 41.3 Å². The molecule has 2 N–H and O–H groups in total. The Labute approximate surface area is 154 Å². The molecule has 0 saturated carbocycles. The van der Waals surface area contributed by atoms with Gasteiger partial charge in [-0.25, -0.2) is 4.98 Å². The van der Waals surface area contributed by atoms with Gasteiger partial charge in [0, 0.05) is 17.6 Å². The highest BCUT2D eigenvalue weighted by Gasteiger charge is 2.13. The van der Waals surface area contributed by atoms with Crippen LogP contribution in [0.4, 0.5) is 17.2 Å². The van der Waals surface area contributed by atoms with Gasteiger partial charge in [0.25, 0.3) is 5.91 Å². The number of aryl methyl sites for hydroxylation is 1. The number of nitrogens with zero attached hydrogens (tertiary/aromatic N) is 1. The molecule has 0 aliphatic carbocycles. The summed E-state index contributed by atoms with van der Waals surface area (Å²) in [4.78, 5) is 17.1. The summed E-state index contributed by atoms with van der Waals surface area (Å²) in [5.41, 5.74) is 4.54. The van der Waals surface area contributed by atoms with Crippen molar-refractivity contribution in [3.05, 3.63) is 83.6 Å². The second-order valence-electron chi connectivity index (χ2n) is 6.57. The van der Waals surface area contributed by atoms with E-state index in [2.05, 4.69) is 29.5 Å². The van der Waals surface area contributed by atoms with Gasteiger partial charge in [-0.05, 0) is 54.3 Å². The molecule has 0 unspecified atom stereocenters. The van der Waals surface area contributed by atoms with Gasteiger partial charge in [-0.15, -0.1) is 0 Å². The highest BCUT2D eigenvalue weighted by Crippen LogP contribution is 2.23. The maximum atomic E-state index is 12.7. The predicted molar refractivity (Wildman–Crippen MR) is 107 cm³/mol. The van der Waals surface area contributed by atoms with Crippen LogP contribution in [0.15, 0.2) is 66.9 Å². The number of nitrogens with one attached hydrogen (secondary N) is 2. The van der Waals surface area contributed by atoms with Crippen molar-refractivity contribution in [3.63, 3.8) is 0 Å². The first kappa shape index (κ1) is 17.7. The molecule has 0 spiro atoms. The summed E-state index contributed by atoms with van der Waals surface area (Å²) in [5, 5.41) is 6.21. The third-order valence-electron chi connectivity index (χ3n) is 4.29. The topological polar surface area (TPSA) is 54.0 Å². The first-order valence-corrected chi connectivity index (χ1v) is 8.73. The van der Waals surface area contributed by atoms with Crippen LogP contribution >= 0.6 is 0 Å². The second-order valence-corrected chi connectivity index (χ2v) is 6.57. The average molecular weight is 345 g/mol. The Morgan fingerprint density at radius 1 is 0.962 bits per heavy atom. The number of anilines is 3. The van der Waals surface area contributed by atoms with Gasteiger partial charge in [-0.2, -0.15) is 0 Å². The van der Waals surface area contributed by atoms with Crippen LogP contribution in [0.3, 0.4) is 0 Å². The van der Waals surface area contributed by atoms with Crippen molar-refractivity contribution >= 4 is 23.1 Å². The minimum Gasteiger partial charge on any atom is -0.339 e. The zero-order valence-corrected chi connectivity index (χ0v) is 15.3. The quantitative estimate of drug-likeness (QED) is 0.641. The Balaban J connectivity index is 1.80. The number of benzene rings is 2. The van der Waals surface area contributed by atoms with E-state index in [4.69, 9.17) is 0 Å². The smallest absolute Gasteiger partial charge is 0.259 e. The van der Waals surface area contributed by atoms with Gasteiger partial charge in [0.05, 0.1) is 5.56 Å².